The Morgan fingerprint density at radius 2 is 2.10 bits per heavy atom. The van der Waals surface area contributed by atoms with Crippen molar-refractivity contribution in [3.8, 4) is 5.69 Å². The molecule has 0 unspecified atom stereocenters. The number of tetrazole rings is 1. The third-order valence-electron chi connectivity index (χ3n) is 3.86. The highest BCUT2D eigenvalue weighted by Gasteiger charge is 2.27. The molecule has 1 aliphatic carbocycles. The second kappa shape index (κ2) is 6.78. The molecule has 1 aromatic carbocycles. The van der Waals surface area contributed by atoms with Crippen molar-refractivity contribution in [2.24, 2.45) is 0 Å². The predicted octanol–water partition coefficient (Wildman–Crippen LogP) is 1.24. The van der Waals surface area contributed by atoms with Crippen molar-refractivity contribution in [1.29, 1.82) is 0 Å². The molecule has 1 aromatic heterocycles. The number of nitrogens with one attached hydrogen (secondary N) is 1. The Balaban J connectivity index is 1.51. The molecule has 0 bridgehead atoms. The van der Waals surface area contributed by atoms with Gasteiger partial charge in [0, 0.05) is 19.1 Å². The van der Waals surface area contributed by atoms with E-state index in [1.54, 1.807) is 4.68 Å². The first-order valence-corrected chi connectivity index (χ1v) is 7.66. The predicted molar refractivity (Wildman–Crippen MR) is 81.1 cm³/mol. The van der Waals surface area contributed by atoms with Crippen LogP contribution in [0.2, 0.25) is 0 Å². The van der Waals surface area contributed by atoms with E-state index in [0.717, 1.165) is 37.2 Å². The minimum Gasteiger partial charge on any atom is -0.308 e. The Morgan fingerprint density at radius 3 is 2.81 bits per heavy atom. The van der Waals surface area contributed by atoms with E-state index in [9.17, 15) is 0 Å². The van der Waals surface area contributed by atoms with Crippen molar-refractivity contribution < 1.29 is 0 Å². The second-order valence-electron chi connectivity index (χ2n) is 5.38. The third-order valence-corrected chi connectivity index (χ3v) is 3.86. The van der Waals surface area contributed by atoms with Gasteiger partial charge in [-0.05, 0) is 41.9 Å². The maximum atomic E-state index is 4.10. The van der Waals surface area contributed by atoms with Crippen LogP contribution in [0.15, 0.2) is 30.3 Å². The lowest BCUT2D eigenvalue weighted by atomic mass is 10.3. The molecule has 0 amide bonds. The summed E-state index contributed by atoms with van der Waals surface area (Å²) < 4.78 is 1.78. The molecule has 1 fully saturated rings. The lowest BCUT2D eigenvalue weighted by Crippen LogP contribution is -2.33. The molecule has 112 valence electrons. The maximum Gasteiger partial charge on any atom is 0.170 e. The first-order chi connectivity index (χ1) is 10.4. The average molecular weight is 286 g/mol. The molecule has 1 N–H and O–H groups in total. The van der Waals surface area contributed by atoms with Crippen molar-refractivity contribution in [3.63, 3.8) is 0 Å². The summed E-state index contributed by atoms with van der Waals surface area (Å²) in [4.78, 5) is 2.53. The molecule has 6 nitrogen and oxygen atoms in total. The van der Waals surface area contributed by atoms with Crippen molar-refractivity contribution in [3.05, 3.63) is 36.2 Å². The van der Waals surface area contributed by atoms with Crippen LogP contribution in [0.4, 0.5) is 0 Å². The smallest absolute Gasteiger partial charge is 0.170 e. The number of hydrogen-bond donors (Lipinski definition) is 1. The summed E-state index contributed by atoms with van der Waals surface area (Å²) in [6.07, 6.45) is 2.72. The Kier molecular flexibility index (Phi) is 4.57. The lowest BCUT2D eigenvalue weighted by Gasteiger charge is -2.19. The van der Waals surface area contributed by atoms with Gasteiger partial charge in [-0.3, -0.25) is 4.90 Å². The highest BCUT2D eigenvalue weighted by Crippen LogP contribution is 2.25. The average Bonchev–Trinajstić information content (AvgIpc) is 3.26. The quantitative estimate of drug-likeness (QED) is 0.740. The van der Waals surface area contributed by atoms with Gasteiger partial charge in [0.15, 0.2) is 5.82 Å². The van der Waals surface area contributed by atoms with E-state index >= 15 is 0 Å². The molecule has 3 rings (SSSR count). The van der Waals surface area contributed by atoms with E-state index in [0.29, 0.717) is 6.54 Å². The topological polar surface area (TPSA) is 58.9 Å². The summed E-state index contributed by atoms with van der Waals surface area (Å²) in [5.41, 5.74) is 0.993. The molecule has 0 saturated heterocycles. The molecule has 2 aromatic rings. The van der Waals surface area contributed by atoms with Crippen LogP contribution in [0.3, 0.4) is 0 Å². The SMILES string of the molecule is CCN(CCNCc1nnnn1-c1ccccc1)C1CC1. The fourth-order valence-corrected chi connectivity index (χ4v) is 2.55. The minimum absolute atomic E-state index is 0.685. The first-order valence-electron chi connectivity index (χ1n) is 7.66. The number of para-hydroxylation sites is 1. The van der Waals surface area contributed by atoms with E-state index in [4.69, 9.17) is 0 Å². The zero-order chi connectivity index (χ0) is 14.5. The Labute approximate surface area is 125 Å². The van der Waals surface area contributed by atoms with Crippen LogP contribution in [0.1, 0.15) is 25.6 Å². The molecular weight excluding hydrogens is 264 g/mol. The van der Waals surface area contributed by atoms with E-state index in [-0.39, 0.29) is 0 Å². The van der Waals surface area contributed by atoms with Gasteiger partial charge in [0.05, 0.1) is 12.2 Å². The van der Waals surface area contributed by atoms with Gasteiger partial charge in [0.25, 0.3) is 0 Å². The summed E-state index contributed by atoms with van der Waals surface area (Å²) in [7, 11) is 0. The van der Waals surface area contributed by atoms with E-state index in [2.05, 4.69) is 32.7 Å². The number of benzene rings is 1. The minimum atomic E-state index is 0.685. The van der Waals surface area contributed by atoms with Gasteiger partial charge in [-0.15, -0.1) is 5.10 Å². The molecule has 0 aliphatic heterocycles. The number of hydrogen-bond acceptors (Lipinski definition) is 5. The number of aromatic nitrogens is 4. The van der Waals surface area contributed by atoms with Crippen molar-refractivity contribution in [1.82, 2.24) is 30.4 Å². The van der Waals surface area contributed by atoms with Gasteiger partial charge in [0.2, 0.25) is 0 Å². The largest absolute Gasteiger partial charge is 0.308 e. The van der Waals surface area contributed by atoms with E-state index < -0.39 is 0 Å². The van der Waals surface area contributed by atoms with Crippen LogP contribution in [0.25, 0.3) is 5.69 Å². The van der Waals surface area contributed by atoms with Crippen molar-refractivity contribution >= 4 is 0 Å². The normalized spacial score (nSPS) is 14.8. The van der Waals surface area contributed by atoms with Crippen LogP contribution in [-0.4, -0.2) is 50.8 Å². The Morgan fingerprint density at radius 1 is 1.29 bits per heavy atom. The summed E-state index contributed by atoms with van der Waals surface area (Å²) in [6.45, 7) is 6.10. The van der Waals surface area contributed by atoms with Crippen LogP contribution < -0.4 is 5.32 Å². The molecular formula is C15H22N6. The molecule has 1 heterocycles. The lowest BCUT2D eigenvalue weighted by molar-refractivity contribution is 0.276. The molecule has 21 heavy (non-hydrogen) atoms. The number of rotatable bonds is 8. The van der Waals surface area contributed by atoms with E-state index in [1.165, 1.54) is 12.8 Å². The van der Waals surface area contributed by atoms with Gasteiger partial charge < -0.3 is 5.32 Å². The van der Waals surface area contributed by atoms with Crippen LogP contribution >= 0.6 is 0 Å². The molecule has 0 radical (unpaired) electrons. The molecule has 0 spiro atoms. The van der Waals surface area contributed by atoms with Crippen molar-refractivity contribution in [2.45, 2.75) is 32.4 Å². The summed E-state index contributed by atoms with van der Waals surface area (Å²) in [5.74, 6) is 0.843. The maximum absolute atomic E-state index is 4.10. The van der Waals surface area contributed by atoms with E-state index in [1.807, 2.05) is 30.3 Å². The first kappa shape index (κ1) is 14.2. The monoisotopic (exact) mass is 286 g/mol. The van der Waals surface area contributed by atoms with Gasteiger partial charge in [-0.2, -0.15) is 4.68 Å². The molecule has 0 atom stereocenters. The highest BCUT2D eigenvalue weighted by molar-refractivity contribution is 5.30. The zero-order valence-electron chi connectivity index (χ0n) is 12.4. The number of nitrogens with zero attached hydrogens (tertiary/aromatic N) is 5. The summed E-state index contributed by atoms with van der Waals surface area (Å²) in [6, 6.07) is 10.8. The molecule has 1 aliphatic rings. The third kappa shape index (κ3) is 3.65. The van der Waals surface area contributed by atoms with Crippen LogP contribution in [0, 0.1) is 0 Å². The summed E-state index contributed by atoms with van der Waals surface area (Å²) in [5, 5.41) is 15.4. The Bertz CT molecular complexity index is 548. The van der Waals surface area contributed by atoms with Gasteiger partial charge >= 0.3 is 0 Å². The fourth-order valence-electron chi connectivity index (χ4n) is 2.55. The van der Waals surface area contributed by atoms with Gasteiger partial charge in [0.1, 0.15) is 0 Å². The Hall–Kier alpha value is -1.79. The van der Waals surface area contributed by atoms with Gasteiger partial charge in [-0.25, -0.2) is 0 Å². The highest BCUT2D eigenvalue weighted by atomic mass is 15.5. The zero-order valence-corrected chi connectivity index (χ0v) is 12.4. The van der Waals surface area contributed by atoms with Crippen LogP contribution in [0.5, 0.6) is 0 Å². The van der Waals surface area contributed by atoms with Gasteiger partial charge in [-0.1, -0.05) is 25.1 Å². The van der Waals surface area contributed by atoms with Crippen LogP contribution in [-0.2, 0) is 6.54 Å². The summed E-state index contributed by atoms with van der Waals surface area (Å²) >= 11 is 0. The van der Waals surface area contributed by atoms with Crippen molar-refractivity contribution in [2.75, 3.05) is 19.6 Å². The number of likely N-dealkylation sites (N-methyl/N-ethyl adjacent to an activating group) is 1. The second-order valence-corrected chi connectivity index (χ2v) is 5.38. The standard InChI is InChI=1S/C15H22N6/c1-2-20(13-8-9-13)11-10-16-12-15-17-18-19-21(15)14-6-4-3-5-7-14/h3-7,13,16H,2,8-12H2,1H3. The molecule has 6 heteroatoms. The molecule has 1 saturated carbocycles. The fraction of sp³-hybridized carbons (Fsp3) is 0.533.